The Morgan fingerprint density at radius 3 is 2.81 bits per heavy atom. The van der Waals surface area contributed by atoms with Gasteiger partial charge in [0.05, 0.1) is 16.8 Å². The van der Waals surface area contributed by atoms with Crippen molar-refractivity contribution in [2.24, 2.45) is 5.10 Å². The lowest BCUT2D eigenvalue weighted by atomic mass is 10.2. The fraction of sp³-hybridized carbons (Fsp3) is 0.167. The topological polar surface area (TPSA) is 75.4 Å². The minimum Gasteiger partial charge on any atom is -0.506 e. The van der Waals surface area contributed by atoms with Crippen LogP contribution in [0.15, 0.2) is 50.4 Å². The first-order valence-corrected chi connectivity index (χ1v) is 10.0. The van der Waals surface area contributed by atoms with E-state index in [-0.39, 0.29) is 11.9 Å². The van der Waals surface area contributed by atoms with Crippen molar-refractivity contribution >= 4 is 50.3 Å². The van der Waals surface area contributed by atoms with Gasteiger partial charge in [0.25, 0.3) is 0 Å². The average Bonchev–Trinajstić information content (AvgIpc) is 2.97. The van der Waals surface area contributed by atoms with Crippen LogP contribution in [0.2, 0.25) is 0 Å². The Morgan fingerprint density at radius 1 is 1.30 bits per heavy atom. The number of ether oxygens (including phenoxy) is 1. The first kappa shape index (κ1) is 19.8. The second-order valence-corrected chi connectivity index (χ2v) is 8.09. The van der Waals surface area contributed by atoms with Gasteiger partial charge in [0.15, 0.2) is 5.82 Å². The molecule has 0 saturated carbocycles. The number of benzene rings is 2. The number of hydrogen-bond donors (Lipinski definition) is 2. The van der Waals surface area contributed by atoms with Crippen LogP contribution in [0, 0.1) is 4.77 Å². The molecule has 3 aromatic rings. The molecule has 9 heteroatoms. The standard InChI is InChI=1S/C18H16Br2N4O2S/c1-10(2)26-14-5-3-4-11(7-14)17-22-23-18(27)24(17)21-9-12-6-13(19)8-15(20)16(12)25/h3-10,25H,1-2H3,(H,23,27)/b21-9-. The van der Waals surface area contributed by atoms with E-state index in [0.717, 1.165) is 15.8 Å². The summed E-state index contributed by atoms with van der Waals surface area (Å²) in [6.07, 6.45) is 1.59. The minimum absolute atomic E-state index is 0.0667. The van der Waals surface area contributed by atoms with Crippen LogP contribution in [-0.2, 0) is 0 Å². The van der Waals surface area contributed by atoms with Crippen LogP contribution < -0.4 is 4.74 Å². The number of nitrogens with zero attached hydrogens (tertiary/aromatic N) is 3. The van der Waals surface area contributed by atoms with Gasteiger partial charge in [0.2, 0.25) is 4.77 Å². The summed E-state index contributed by atoms with van der Waals surface area (Å²) in [4.78, 5) is 0. The summed E-state index contributed by atoms with van der Waals surface area (Å²) in [5.41, 5.74) is 1.33. The van der Waals surface area contributed by atoms with Crippen molar-refractivity contribution in [1.82, 2.24) is 14.9 Å². The highest BCUT2D eigenvalue weighted by Gasteiger charge is 2.11. The third kappa shape index (κ3) is 4.66. The highest BCUT2D eigenvalue weighted by atomic mass is 79.9. The number of phenols is 1. The Morgan fingerprint density at radius 2 is 2.07 bits per heavy atom. The molecule has 0 amide bonds. The Kier molecular flexibility index (Phi) is 6.13. The molecule has 27 heavy (non-hydrogen) atoms. The molecule has 6 nitrogen and oxygen atoms in total. The number of nitrogens with one attached hydrogen (secondary N) is 1. The van der Waals surface area contributed by atoms with E-state index in [9.17, 15) is 5.11 Å². The fourth-order valence-corrected chi connectivity index (χ4v) is 3.81. The molecule has 0 unspecified atom stereocenters. The highest BCUT2D eigenvalue weighted by molar-refractivity contribution is 9.11. The van der Waals surface area contributed by atoms with Crippen LogP contribution in [-0.4, -0.2) is 32.3 Å². The van der Waals surface area contributed by atoms with Crippen molar-refractivity contribution < 1.29 is 9.84 Å². The second kappa shape index (κ2) is 8.37. The third-order valence-electron chi connectivity index (χ3n) is 3.48. The maximum absolute atomic E-state index is 10.2. The predicted molar refractivity (Wildman–Crippen MR) is 115 cm³/mol. The SMILES string of the molecule is CC(C)Oc1cccc(-c2n[nH]c(=S)n2/N=C\c2cc(Br)cc(Br)c2O)c1. The van der Waals surface area contributed by atoms with Gasteiger partial charge in [-0.15, -0.1) is 0 Å². The van der Waals surface area contributed by atoms with Gasteiger partial charge < -0.3 is 9.84 Å². The van der Waals surface area contributed by atoms with Crippen molar-refractivity contribution in [1.29, 1.82) is 0 Å². The van der Waals surface area contributed by atoms with Crippen LogP contribution in [0.5, 0.6) is 11.5 Å². The molecule has 0 aliphatic rings. The summed E-state index contributed by atoms with van der Waals surface area (Å²) in [5.74, 6) is 1.37. The molecule has 0 fully saturated rings. The lowest BCUT2D eigenvalue weighted by molar-refractivity contribution is 0.242. The van der Waals surface area contributed by atoms with Gasteiger partial charge >= 0.3 is 0 Å². The van der Waals surface area contributed by atoms with Gasteiger partial charge in [0, 0.05) is 15.6 Å². The summed E-state index contributed by atoms with van der Waals surface area (Å²) in [6.45, 7) is 3.94. The number of halogens is 2. The minimum atomic E-state index is 0.0667. The number of aromatic amines is 1. The van der Waals surface area contributed by atoms with Gasteiger partial charge in [-0.25, -0.2) is 5.10 Å². The van der Waals surface area contributed by atoms with Crippen LogP contribution in [0.25, 0.3) is 11.4 Å². The molecule has 0 bridgehead atoms. The quantitative estimate of drug-likeness (QED) is 0.350. The summed E-state index contributed by atoms with van der Waals surface area (Å²) >= 11 is 12.0. The summed E-state index contributed by atoms with van der Waals surface area (Å²) in [5, 5.41) is 21.6. The zero-order chi connectivity index (χ0) is 19.6. The molecular weight excluding hydrogens is 496 g/mol. The molecule has 0 aliphatic heterocycles. The molecular formula is C18H16Br2N4O2S. The molecule has 0 saturated heterocycles. The number of hydrogen-bond acceptors (Lipinski definition) is 5. The summed E-state index contributed by atoms with van der Waals surface area (Å²) in [6, 6.07) is 11.1. The first-order chi connectivity index (χ1) is 12.8. The van der Waals surface area contributed by atoms with Gasteiger partial charge in [-0.3, -0.25) is 0 Å². The number of aromatic hydroxyl groups is 1. The molecule has 140 valence electrons. The molecule has 0 radical (unpaired) electrons. The number of H-pyrrole nitrogens is 1. The Hall–Kier alpha value is -1.97. The van der Waals surface area contributed by atoms with E-state index in [1.54, 1.807) is 12.1 Å². The first-order valence-electron chi connectivity index (χ1n) is 8.02. The molecule has 1 aromatic heterocycles. The maximum Gasteiger partial charge on any atom is 0.216 e. The molecule has 0 aliphatic carbocycles. The average molecular weight is 512 g/mol. The number of aromatic nitrogens is 3. The Bertz CT molecular complexity index is 1060. The normalized spacial score (nSPS) is 11.4. The molecule has 3 rings (SSSR count). The fourth-order valence-electron chi connectivity index (χ4n) is 2.37. The van der Waals surface area contributed by atoms with Crippen LogP contribution in [0.4, 0.5) is 0 Å². The van der Waals surface area contributed by atoms with E-state index in [1.807, 2.05) is 38.1 Å². The molecule has 2 aromatic carbocycles. The van der Waals surface area contributed by atoms with Crippen molar-refractivity contribution in [3.8, 4) is 22.9 Å². The largest absolute Gasteiger partial charge is 0.506 e. The summed E-state index contributed by atoms with van der Waals surface area (Å²) < 4.78 is 8.95. The third-order valence-corrected chi connectivity index (χ3v) is 4.81. The van der Waals surface area contributed by atoms with E-state index in [0.29, 0.717) is 20.6 Å². The van der Waals surface area contributed by atoms with Crippen molar-refractivity contribution in [2.75, 3.05) is 0 Å². The van der Waals surface area contributed by atoms with E-state index < -0.39 is 0 Å². The smallest absolute Gasteiger partial charge is 0.216 e. The molecule has 1 heterocycles. The van der Waals surface area contributed by atoms with Crippen molar-refractivity contribution in [3.63, 3.8) is 0 Å². The van der Waals surface area contributed by atoms with E-state index in [1.165, 1.54) is 10.9 Å². The van der Waals surface area contributed by atoms with Gasteiger partial charge in [-0.05, 0) is 66.3 Å². The van der Waals surface area contributed by atoms with Crippen molar-refractivity contribution in [2.45, 2.75) is 20.0 Å². The van der Waals surface area contributed by atoms with E-state index in [4.69, 9.17) is 17.0 Å². The molecule has 2 N–H and O–H groups in total. The lowest BCUT2D eigenvalue weighted by Gasteiger charge is -2.10. The zero-order valence-corrected chi connectivity index (χ0v) is 18.5. The van der Waals surface area contributed by atoms with Crippen LogP contribution in [0.3, 0.4) is 0 Å². The Labute approximate surface area is 178 Å². The summed E-state index contributed by atoms with van der Waals surface area (Å²) in [7, 11) is 0. The van der Waals surface area contributed by atoms with E-state index >= 15 is 0 Å². The monoisotopic (exact) mass is 510 g/mol. The highest BCUT2D eigenvalue weighted by Crippen LogP contribution is 2.31. The second-order valence-electron chi connectivity index (χ2n) is 5.93. The van der Waals surface area contributed by atoms with Crippen LogP contribution in [0.1, 0.15) is 19.4 Å². The number of rotatable bonds is 5. The van der Waals surface area contributed by atoms with E-state index in [2.05, 4.69) is 47.2 Å². The Balaban J connectivity index is 2.00. The molecule has 0 spiro atoms. The predicted octanol–water partition coefficient (Wildman–Crippen LogP) is 5.51. The lowest BCUT2D eigenvalue weighted by Crippen LogP contribution is -2.05. The maximum atomic E-state index is 10.2. The van der Waals surface area contributed by atoms with Gasteiger partial charge in [-0.1, -0.05) is 28.1 Å². The van der Waals surface area contributed by atoms with Gasteiger partial charge in [-0.2, -0.15) is 14.9 Å². The van der Waals surface area contributed by atoms with Crippen molar-refractivity contribution in [3.05, 3.63) is 55.7 Å². The van der Waals surface area contributed by atoms with Crippen LogP contribution >= 0.6 is 44.1 Å². The molecule has 0 atom stereocenters. The van der Waals surface area contributed by atoms with Gasteiger partial charge in [0.1, 0.15) is 11.5 Å². The number of phenolic OH excluding ortho intramolecular Hbond substituents is 1. The zero-order valence-electron chi connectivity index (χ0n) is 14.5.